The maximum Gasteiger partial charge on any atom is 0.0307 e. The van der Waals surface area contributed by atoms with Gasteiger partial charge in [-0.3, -0.25) is 0 Å². The van der Waals surface area contributed by atoms with Crippen molar-refractivity contribution < 1.29 is 0 Å². The van der Waals surface area contributed by atoms with E-state index in [0.717, 1.165) is 0 Å². The van der Waals surface area contributed by atoms with Crippen LogP contribution in [0, 0.1) is 5.41 Å². The maximum absolute atomic E-state index is 2.50. The number of hydrogen-bond acceptors (Lipinski definition) is 0. The second kappa shape index (κ2) is 4.91. The number of hydrogen-bond donors (Lipinski definition) is 0. The van der Waals surface area contributed by atoms with Crippen LogP contribution in [0.15, 0.2) is 46.1 Å². The molecule has 0 fully saturated rings. The van der Waals surface area contributed by atoms with E-state index >= 15 is 0 Å². The summed E-state index contributed by atoms with van der Waals surface area (Å²) in [6.07, 6.45) is 12.0. The zero-order chi connectivity index (χ0) is 13.3. The van der Waals surface area contributed by atoms with Gasteiger partial charge in [0, 0.05) is 5.41 Å². The summed E-state index contributed by atoms with van der Waals surface area (Å²) >= 11 is 0. The molecule has 0 aromatic carbocycles. The summed E-state index contributed by atoms with van der Waals surface area (Å²) in [5.74, 6) is 0. The van der Waals surface area contributed by atoms with Crippen molar-refractivity contribution in [1.29, 1.82) is 0 Å². The highest BCUT2D eigenvalue weighted by Crippen LogP contribution is 2.52. The third-order valence-corrected chi connectivity index (χ3v) is 5.30. The second-order valence-corrected chi connectivity index (χ2v) is 5.94. The Morgan fingerprint density at radius 3 is 2.00 bits per heavy atom. The molecule has 0 aliphatic heterocycles. The predicted molar refractivity (Wildman–Crippen MR) is 80.5 cm³/mol. The number of allylic oxidation sites excluding steroid dienone is 8. The van der Waals surface area contributed by atoms with Crippen LogP contribution in [0.5, 0.6) is 0 Å². The summed E-state index contributed by atoms with van der Waals surface area (Å²) in [7, 11) is 0. The van der Waals surface area contributed by atoms with Gasteiger partial charge in [0.15, 0.2) is 0 Å². The minimum atomic E-state index is 0.194. The molecule has 0 radical (unpaired) electrons. The third-order valence-electron chi connectivity index (χ3n) is 5.30. The average Bonchev–Trinajstić information content (AvgIpc) is 2.46. The zero-order valence-electron chi connectivity index (χ0n) is 12.6. The van der Waals surface area contributed by atoms with E-state index in [-0.39, 0.29) is 5.41 Å². The Balaban J connectivity index is 2.43. The summed E-state index contributed by atoms with van der Waals surface area (Å²) < 4.78 is 0. The molecule has 2 aliphatic rings. The molecule has 0 spiro atoms. The van der Waals surface area contributed by atoms with Crippen molar-refractivity contribution >= 4 is 0 Å². The fraction of sp³-hybridized carbons (Fsp3) is 0.556. The fourth-order valence-electron chi connectivity index (χ4n) is 3.46. The van der Waals surface area contributed by atoms with Gasteiger partial charge in [0.05, 0.1) is 0 Å². The monoisotopic (exact) mass is 242 g/mol. The molecule has 0 N–H and O–H groups in total. The summed E-state index contributed by atoms with van der Waals surface area (Å²) in [5, 5.41) is 0. The van der Waals surface area contributed by atoms with E-state index in [9.17, 15) is 0 Å². The lowest BCUT2D eigenvalue weighted by Gasteiger charge is -2.33. The number of rotatable bonds is 1. The van der Waals surface area contributed by atoms with Gasteiger partial charge in [0.1, 0.15) is 0 Å². The molecule has 0 bridgehead atoms. The van der Waals surface area contributed by atoms with Gasteiger partial charge < -0.3 is 0 Å². The van der Waals surface area contributed by atoms with Crippen LogP contribution >= 0.6 is 0 Å². The van der Waals surface area contributed by atoms with Crippen LogP contribution in [0.2, 0.25) is 0 Å². The molecule has 0 saturated carbocycles. The Morgan fingerprint density at radius 1 is 0.833 bits per heavy atom. The van der Waals surface area contributed by atoms with Crippen LogP contribution in [-0.2, 0) is 0 Å². The Morgan fingerprint density at radius 2 is 1.39 bits per heavy atom. The minimum absolute atomic E-state index is 0.194. The first-order chi connectivity index (χ1) is 8.49. The van der Waals surface area contributed by atoms with Crippen LogP contribution in [0.4, 0.5) is 0 Å². The molecule has 0 heteroatoms. The van der Waals surface area contributed by atoms with Crippen molar-refractivity contribution in [2.75, 3.05) is 0 Å². The Kier molecular flexibility index (Phi) is 3.66. The van der Waals surface area contributed by atoms with Gasteiger partial charge in [-0.2, -0.15) is 0 Å². The molecule has 0 aromatic heterocycles. The first-order valence-corrected chi connectivity index (χ1v) is 7.20. The van der Waals surface area contributed by atoms with E-state index < -0.39 is 0 Å². The maximum atomic E-state index is 2.50. The van der Waals surface area contributed by atoms with Gasteiger partial charge in [-0.1, -0.05) is 34.9 Å². The van der Waals surface area contributed by atoms with Crippen molar-refractivity contribution in [2.24, 2.45) is 5.41 Å². The van der Waals surface area contributed by atoms with E-state index in [1.807, 2.05) is 0 Å². The molecular weight excluding hydrogens is 216 g/mol. The van der Waals surface area contributed by atoms with Crippen molar-refractivity contribution in [2.45, 2.75) is 60.3 Å². The van der Waals surface area contributed by atoms with Crippen molar-refractivity contribution in [3.05, 3.63) is 46.1 Å². The lowest BCUT2D eigenvalue weighted by Crippen LogP contribution is -2.21. The van der Waals surface area contributed by atoms with E-state index in [4.69, 9.17) is 0 Å². The first-order valence-electron chi connectivity index (χ1n) is 7.20. The highest BCUT2D eigenvalue weighted by atomic mass is 14.4. The fourth-order valence-corrected chi connectivity index (χ4v) is 3.46. The van der Waals surface area contributed by atoms with E-state index in [1.54, 1.807) is 16.7 Å². The van der Waals surface area contributed by atoms with Gasteiger partial charge in [-0.05, 0) is 71.4 Å². The van der Waals surface area contributed by atoms with Gasteiger partial charge in [-0.25, -0.2) is 0 Å². The van der Waals surface area contributed by atoms with Crippen LogP contribution in [0.1, 0.15) is 60.3 Å². The smallest absolute Gasteiger partial charge is 0.0307 e. The van der Waals surface area contributed by atoms with Gasteiger partial charge in [-0.15, -0.1) is 0 Å². The van der Waals surface area contributed by atoms with E-state index in [1.165, 1.54) is 36.8 Å². The Hall–Kier alpha value is -1.04. The molecule has 18 heavy (non-hydrogen) atoms. The van der Waals surface area contributed by atoms with Crippen molar-refractivity contribution in [3.63, 3.8) is 0 Å². The molecule has 2 aliphatic carbocycles. The van der Waals surface area contributed by atoms with Crippen LogP contribution in [0.25, 0.3) is 0 Å². The highest BCUT2D eigenvalue weighted by molar-refractivity contribution is 5.55. The van der Waals surface area contributed by atoms with Crippen LogP contribution < -0.4 is 0 Å². The standard InChI is InChI=1S/C18H26/c1-13-14(2)16(4)18(5,15(13)3)17-11-9-7-6-8-10-12-17/h6-7,12H,8-11H2,1-5H3. The van der Waals surface area contributed by atoms with E-state index in [2.05, 4.69) is 52.8 Å². The highest BCUT2D eigenvalue weighted by Gasteiger charge is 2.38. The summed E-state index contributed by atoms with van der Waals surface area (Å²) in [4.78, 5) is 0. The van der Waals surface area contributed by atoms with Crippen molar-refractivity contribution in [3.8, 4) is 0 Å². The van der Waals surface area contributed by atoms with Gasteiger partial charge >= 0.3 is 0 Å². The largest absolute Gasteiger partial charge is 0.0882 e. The molecule has 0 saturated heterocycles. The second-order valence-electron chi connectivity index (χ2n) is 5.94. The predicted octanol–water partition coefficient (Wildman–Crippen LogP) is 5.74. The first kappa shape index (κ1) is 13.4. The minimum Gasteiger partial charge on any atom is -0.0882 e. The summed E-state index contributed by atoms with van der Waals surface area (Å²) in [5.41, 5.74) is 7.97. The van der Waals surface area contributed by atoms with Gasteiger partial charge in [0.2, 0.25) is 0 Å². The molecular formula is C18H26. The van der Waals surface area contributed by atoms with Gasteiger partial charge in [0.25, 0.3) is 0 Å². The third kappa shape index (κ3) is 1.92. The van der Waals surface area contributed by atoms with Crippen LogP contribution in [0.3, 0.4) is 0 Å². The Labute approximate surface area is 112 Å². The topological polar surface area (TPSA) is 0 Å². The van der Waals surface area contributed by atoms with E-state index in [0.29, 0.717) is 0 Å². The summed E-state index contributed by atoms with van der Waals surface area (Å²) in [6.45, 7) is 11.6. The van der Waals surface area contributed by atoms with Crippen LogP contribution in [-0.4, -0.2) is 0 Å². The quantitative estimate of drug-likeness (QED) is 0.515. The normalized spacial score (nSPS) is 24.2. The summed E-state index contributed by atoms with van der Waals surface area (Å²) in [6, 6.07) is 0. The van der Waals surface area contributed by atoms with Crippen molar-refractivity contribution in [1.82, 2.24) is 0 Å². The average molecular weight is 242 g/mol. The molecule has 0 nitrogen and oxygen atoms in total. The molecule has 0 aromatic rings. The molecule has 0 amide bonds. The molecule has 0 heterocycles. The molecule has 0 atom stereocenters. The molecule has 98 valence electrons. The SMILES string of the molecule is CC1=C(C)C(C)(C2=CCCC=CCC2)C(C)=C1C. The molecule has 2 rings (SSSR count). The molecule has 0 unspecified atom stereocenters. The lowest BCUT2D eigenvalue weighted by atomic mass is 9.71. The zero-order valence-corrected chi connectivity index (χ0v) is 12.6. The Bertz CT molecular complexity index is 442. The lowest BCUT2D eigenvalue weighted by molar-refractivity contribution is 0.549.